The first-order valence-electron chi connectivity index (χ1n) is 5.28. The topological polar surface area (TPSA) is 6.48 Å². The van der Waals surface area contributed by atoms with E-state index in [1.165, 1.54) is 0 Å². The Balaban J connectivity index is 0. The summed E-state index contributed by atoms with van der Waals surface area (Å²) in [5.74, 6) is 0. The van der Waals surface area contributed by atoms with Crippen LogP contribution in [0.1, 0.15) is 27.7 Å². The highest BCUT2D eigenvalue weighted by molar-refractivity contribution is 6.16. The molecule has 0 fully saturated rings. The Morgan fingerprint density at radius 3 is 1.15 bits per heavy atom. The standard InChI is InChI=1S/C8H20N2.C2H6Si/c1-5-9(6-2)10(7-3)8-4;1-2-3/h5-8H2,1-4H3;2H,1H2,3H3. The molecule has 0 aromatic carbocycles. The fourth-order valence-electron chi connectivity index (χ4n) is 1.25. The lowest BCUT2D eigenvalue weighted by atomic mass is 10.5. The second kappa shape index (κ2) is 11.9. The van der Waals surface area contributed by atoms with E-state index in [-0.39, 0.29) is 0 Å². The third kappa shape index (κ3) is 8.21. The number of nitrogens with zero attached hydrogens (tertiary/aromatic N) is 2. The summed E-state index contributed by atoms with van der Waals surface area (Å²) in [5.41, 5.74) is 1.89. The predicted molar refractivity (Wildman–Crippen MR) is 66.0 cm³/mol. The van der Waals surface area contributed by atoms with E-state index in [4.69, 9.17) is 0 Å². The molecule has 0 aromatic heterocycles. The predicted octanol–water partition coefficient (Wildman–Crippen LogP) is 1.08. The highest BCUT2D eigenvalue weighted by Gasteiger charge is 2.05. The average Bonchev–Trinajstić information content (AvgIpc) is 2.15. The van der Waals surface area contributed by atoms with Gasteiger partial charge in [0.2, 0.25) is 0 Å². The van der Waals surface area contributed by atoms with Gasteiger partial charge >= 0.3 is 0 Å². The van der Waals surface area contributed by atoms with Crippen LogP contribution in [0.2, 0.25) is 0 Å². The molecule has 0 aromatic rings. The van der Waals surface area contributed by atoms with Crippen LogP contribution < -0.4 is 0 Å². The SMILES string of the molecule is C=C[SiH3].CCN(CC)N(CC)CC. The van der Waals surface area contributed by atoms with Crippen molar-refractivity contribution in [3.63, 3.8) is 0 Å². The van der Waals surface area contributed by atoms with E-state index in [9.17, 15) is 0 Å². The van der Waals surface area contributed by atoms with Crippen LogP contribution in [0.5, 0.6) is 0 Å². The normalized spacial score (nSPS) is 10.0. The molecule has 0 aliphatic rings. The molecule has 0 aliphatic carbocycles. The van der Waals surface area contributed by atoms with Crippen molar-refractivity contribution in [3.05, 3.63) is 12.3 Å². The molecule has 0 saturated heterocycles. The van der Waals surface area contributed by atoms with Crippen LogP contribution in [0.25, 0.3) is 0 Å². The van der Waals surface area contributed by atoms with Gasteiger partial charge in [-0.15, -0.1) is 12.3 Å². The van der Waals surface area contributed by atoms with E-state index in [1.54, 1.807) is 0 Å². The summed E-state index contributed by atoms with van der Waals surface area (Å²) in [4.78, 5) is 0. The van der Waals surface area contributed by atoms with E-state index in [0.29, 0.717) is 0 Å². The molecule has 0 heterocycles. The monoisotopic (exact) mass is 202 g/mol. The van der Waals surface area contributed by atoms with Crippen LogP contribution in [0.4, 0.5) is 0 Å². The minimum absolute atomic E-state index is 1.12. The lowest BCUT2D eigenvalue weighted by molar-refractivity contribution is -0.00652. The van der Waals surface area contributed by atoms with Gasteiger partial charge in [0.05, 0.1) is 0 Å². The molecule has 0 aliphatic heterocycles. The smallest absolute Gasteiger partial charge is 0.0283 e. The Morgan fingerprint density at radius 2 is 1.08 bits per heavy atom. The Bertz CT molecular complexity index is 89.1. The Hall–Kier alpha value is -0.123. The molecule has 0 N–H and O–H groups in total. The molecular formula is C10H26N2Si. The third-order valence-electron chi connectivity index (χ3n) is 1.86. The van der Waals surface area contributed by atoms with Crippen molar-refractivity contribution in [2.45, 2.75) is 27.7 Å². The minimum atomic E-state index is 1.12. The van der Waals surface area contributed by atoms with Gasteiger partial charge in [0, 0.05) is 36.4 Å². The molecule has 3 heteroatoms. The molecule has 0 amide bonds. The molecule has 0 atom stereocenters. The summed E-state index contributed by atoms with van der Waals surface area (Å²) in [7, 11) is 1.13. The number of hydrazine groups is 1. The summed E-state index contributed by atoms with van der Waals surface area (Å²) in [6.45, 7) is 16.7. The molecular weight excluding hydrogens is 176 g/mol. The Labute approximate surface area is 87.0 Å². The molecule has 0 radical (unpaired) electrons. The number of rotatable bonds is 5. The molecule has 0 unspecified atom stereocenters. The van der Waals surface area contributed by atoms with Gasteiger partial charge in [-0.25, -0.2) is 10.0 Å². The quantitative estimate of drug-likeness (QED) is 0.486. The summed E-state index contributed by atoms with van der Waals surface area (Å²) < 4.78 is 0. The minimum Gasteiger partial charge on any atom is -0.242 e. The molecule has 13 heavy (non-hydrogen) atoms. The van der Waals surface area contributed by atoms with E-state index in [0.717, 1.165) is 36.4 Å². The Morgan fingerprint density at radius 1 is 0.923 bits per heavy atom. The van der Waals surface area contributed by atoms with Crippen LogP contribution in [0, 0.1) is 0 Å². The van der Waals surface area contributed by atoms with E-state index in [2.05, 4.69) is 44.3 Å². The summed E-state index contributed by atoms with van der Waals surface area (Å²) in [6.07, 6.45) is 0. The third-order valence-corrected chi connectivity index (χ3v) is 1.86. The number of hydrogen-bond acceptors (Lipinski definition) is 2. The van der Waals surface area contributed by atoms with Gasteiger partial charge in [-0.1, -0.05) is 27.7 Å². The van der Waals surface area contributed by atoms with Crippen LogP contribution >= 0.6 is 0 Å². The fraction of sp³-hybridized carbons (Fsp3) is 0.800. The van der Waals surface area contributed by atoms with Crippen LogP contribution in [0.3, 0.4) is 0 Å². The van der Waals surface area contributed by atoms with Crippen LogP contribution in [0.15, 0.2) is 12.3 Å². The maximum atomic E-state index is 3.42. The molecule has 80 valence electrons. The van der Waals surface area contributed by atoms with Crippen LogP contribution in [-0.4, -0.2) is 46.4 Å². The van der Waals surface area contributed by atoms with Crippen molar-refractivity contribution in [3.8, 4) is 0 Å². The second-order valence-electron chi connectivity index (χ2n) is 2.69. The van der Waals surface area contributed by atoms with E-state index < -0.39 is 0 Å². The zero-order valence-corrected chi connectivity index (χ0v) is 12.0. The molecule has 0 bridgehead atoms. The van der Waals surface area contributed by atoms with Crippen molar-refractivity contribution < 1.29 is 0 Å². The maximum absolute atomic E-state index is 3.42. The van der Waals surface area contributed by atoms with Gasteiger partial charge < -0.3 is 0 Å². The highest BCUT2D eigenvalue weighted by Crippen LogP contribution is 1.95. The zero-order chi connectivity index (χ0) is 10.7. The lowest BCUT2D eigenvalue weighted by Crippen LogP contribution is -2.42. The van der Waals surface area contributed by atoms with Gasteiger partial charge in [0.1, 0.15) is 0 Å². The van der Waals surface area contributed by atoms with Crippen molar-refractivity contribution >= 4 is 10.2 Å². The van der Waals surface area contributed by atoms with Crippen molar-refractivity contribution in [1.29, 1.82) is 0 Å². The maximum Gasteiger partial charge on any atom is 0.0283 e. The number of hydrogen-bond donors (Lipinski definition) is 0. The highest BCUT2D eigenvalue weighted by atomic mass is 28.1. The lowest BCUT2D eigenvalue weighted by Gasteiger charge is -2.31. The summed E-state index contributed by atoms with van der Waals surface area (Å²) >= 11 is 0. The van der Waals surface area contributed by atoms with Gasteiger partial charge in [-0.3, -0.25) is 0 Å². The Kier molecular flexibility index (Phi) is 14.0. The van der Waals surface area contributed by atoms with Crippen LogP contribution in [-0.2, 0) is 0 Å². The molecule has 0 saturated carbocycles. The van der Waals surface area contributed by atoms with Gasteiger partial charge in [0.25, 0.3) is 0 Å². The zero-order valence-electron chi connectivity index (χ0n) is 10.0. The van der Waals surface area contributed by atoms with E-state index >= 15 is 0 Å². The van der Waals surface area contributed by atoms with E-state index in [1.807, 2.05) is 5.70 Å². The second-order valence-corrected chi connectivity index (χ2v) is 3.50. The van der Waals surface area contributed by atoms with Gasteiger partial charge in [0.15, 0.2) is 0 Å². The van der Waals surface area contributed by atoms with Crippen molar-refractivity contribution in [2.75, 3.05) is 26.2 Å². The van der Waals surface area contributed by atoms with Gasteiger partial charge in [-0.05, 0) is 0 Å². The molecule has 2 nitrogen and oxygen atoms in total. The average molecular weight is 202 g/mol. The largest absolute Gasteiger partial charge is 0.242 e. The van der Waals surface area contributed by atoms with Crippen molar-refractivity contribution in [1.82, 2.24) is 10.0 Å². The first-order valence-corrected chi connectivity index (χ1v) is 6.43. The first kappa shape index (κ1) is 15.4. The summed E-state index contributed by atoms with van der Waals surface area (Å²) in [5, 5.41) is 4.72. The molecule has 0 rings (SSSR count). The molecule has 0 spiro atoms. The van der Waals surface area contributed by atoms with Crippen molar-refractivity contribution in [2.24, 2.45) is 0 Å². The summed E-state index contributed by atoms with van der Waals surface area (Å²) in [6, 6.07) is 0. The first-order chi connectivity index (χ1) is 6.21. The van der Waals surface area contributed by atoms with Gasteiger partial charge in [-0.2, -0.15) is 0 Å². The fourth-order valence-corrected chi connectivity index (χ4v) is 1.25.